The third-order valence-corrected chi connectivity index (χ3v) is 5.91. The van der Waals surface area contributed by atoms with E-state index in [-0.39, 0.29) is 5.91 Å². The molecule has 33 heavy (non-hydrogen) atoms. The van der Waals surface area contributed by atoms with Crippen LogP contribution in [0, 0.1) is 0 Å². The van der Waals surface area contributed by atoms with Crippen molar-refractivity contribution in [3.05, 3.63) is 76.4 Å². The van der Waals surface area contributed by atoms with Crippen LogP contribution < -0.4 is 10.1 Å². The van der Waals surface area contributed by atoms with Crippen LogP contribution >= 0.6 is 11.3 Å². The lowest BCUT2D eigenvalue weighted by molar-refractivity contribution is 0.102. The first-order valence-electron chi connectivity index (χ1n) is 10.6. The van der Waals surface area contributed by atoms with Gasteiger partial charge in [0.2, 0.25) is 5.01 Å². The number of nitrogens with one attached hydrogen (secondary N) is 1. The van der Waals surface area contributed by atoms with Gasteiger partial charge in [-0.3, -0.25) is 9.69 Å². The molecule has 0 radical (unpaired) electrons. The number of aromatic nitrogens is 3. The molecule has 0 spiro atoms. The average Bonchev–Trinajstić information content (AvgIpc) is 3.50. The van der Waals surface area contributed by atoms with Crippen LogP contribution in [0.15, 0.2) is 65.2 Å². The minimum atomic E-state index is -0.272. The van der Waals surface area contributed by atoms with Crippen molar-refractivity contribution in [1.29, 1.82) is 0 Å². The van der Waals surface area contributed by atoms with Crippen LogP contribution in [0.4, 0.5) is 5.69 Å². The Morgan fingerprint density at radius 3 is 2.67 bits per heavy atom. The molecule has 0 aliphatic heterocycles. The molecule has 170 valence electrons. The van der Waals surface area contributed by atoms with Gasteiger partial charge in [-0.1, -0.05) is 46.8 Å². The molecule has 0 saturated carbocycles. The lowest BCUT2D eigenvalue weighted by atomic mass is 10.1. The molecule has 0 fully saturated rings. The zero-order valence-electron chi connectivity index (χ0n) is 18.5. The molecule has 2 aromatic heterocycles. The molecule has 0 atom stereocenters. The number of rotatable bonds is 10. The van der Waals surface area contributed by atoms with Crippen molar-refractivity contribution in [3.8, 4) is 17.0 Å². The van der Waals surface area contributed by atoms with Crippen LogP contribution in [0.3, 0.4) is 0 Å². The summed E-state index contributed by atoms with van der Waals surface area (Å²) < 4.78 is 10.6. The Morgan fingerprint density at radius 2 is 1.91 bits per heavy atom. The van der Waals surface area contributed by atoms with Crippen molar-refractivity contribution in [1.82, 2.24) is 20.3 Å². The molecule has 0 bridgehead atoms. The molecule has 9 heteroatoms. The third-order valence-electron chi connectivity index (χ3n) is 5.01. The molecule has 0 aliphatic carbocycles. The number of carbonyl (C=O) groups is 1. The third kappa shape index (κ3) is 6.24. The van der Waals surface area contributed by atoms with Crippen LogP contribution in [-0.2, 0) is 13.0 Å². The Labute approximate surface area is 196 Å². The van der Waals surface area contributed by atoms with Gasteiger partial charge in [-0.15, -0.1) is 10.2 Å². The number of hydrogen-bond acceptors (Lipinski definition) is 8. The van der Waals surface area contributed by atoms with Gasteiger partial charge >= 0.3 is 0 Å². The molecule has 4 rings (SSSR count). The average molecular weight is 464 g/mol. The molecule has 0 unspecified atom stereocenters. The van der Waals surface area contributed by atoms with Crippen molar-refractivity contribution >= 4 is 22.9 Å². The summed E-state index contributed by atoms with van der Waals surface area (Å²) in [6, 6.07) is 19.1. The van der Waals surface area contributed by atoms with Gasteiger partial charge in [0.1, 0.15) is 22.2 Å². The number of amides is 1. The number of benzene rings is 2. The molecule has 8 nitrogen and oxygen atoms in total. The second kappa shape index (κ2) is 10.8. The number of nitrogens with zero attached hydrogens (tertiary/aromatic N) is 4. The second-order valence-corrected chi connectivity index (χ2v) is 8.63. The molecule has 2 aromatic carbocycles. The summed E-state index contributed by atoms with van der Waals surface area (Å²) in [5, 5.41) is 16.3. The van der Waals surface area contributed by atoms with Crippen LogP contribution in [0.2, 0.25) is 0 Å². The smallest absolute Gasteiger partial charge is 0.286 e. The standard InChI is InChI=1S/C24H25N5O3S/c1-29(14-6-9-20-15-21(28-32-20)17-7-4-3-5-8-17)16-22-26-27-24(33-22)23(30)25-18-10-12-19(31-2)13-11-18/h3-5,7-8,10-13,15H,6,9,14,16H2,1-2H3,(H,25,30). The minimum Gasteiger partial charge on any atom is -0.497 e. The summed E-state index contributed by atoms with van der Waals surface area (Å²) in [7, 11) is 3.62. The maximum absolute atomic E-state index is 12.4. The van der Waals surface area contributed by atoms with Gasteiger partial charge in [0.25, 0.3) is 5.91 Å². The SMILES string of the molecule is COc1ccc(NC(=O)c2nnc(CN(C)CCCc3cc(-c4ccccc4)no3)s2)cc1. The fourth-order valence-electron chi connectivity index (χ4n) is 3.28. The van der Waals surface area contributed by atoms with Gasteiger partial charge < -0.3 is 14.6 Å². The molecular formula is C24H25N5O3S. The Balaban J connectivity index is 1.22. The van der Waals surface area contributed by atoms with Crippen LogP contribution in [0.1, 0.15) is 27.0 Å². The highest BCUT2D eigenvalue weighted by Gasteiger charge is 2.14. The van der Waals surface area contributed by atoms with E-state index in [4.69, 9.17) is 9.26 Å². The Hall–Kier alpha value is -3.56. The molecule has 1 amide bonds. The highest BCUT2D eigenvalue weighted by Crippen LogP contribution is 2.20. The molecule has 0 aliphatic rings. The summed E-state index contributed by atoms with van der Waals surface area (Å²) in [6.45, 7) is 1.48. The number of carbonyl (C=O) groups excluding carboxylic acids is 1. The number of aryl methyl sites for hydroxylation is 1. The largest absolute Gasteiger partial charge is 0.497 e. The predicted molar refractivity (Wildman–Crippen MR) is 127 cm³/mol. The molecule has 1 N–H and O–H groups in total. The summed E-state index contributed by atoms with van der Waals surface area (Å²) >= 11 is 1.30. The first kappa shape index (κ1) is 22.6. The molecule has 4 aromatic rings. The maximum Gasteiger partial charge on any atom is 0.286 e. The highest BCUT2D eigenvalue weighted by atomic mass is 32.1. The summed E-state index contributed by atoms with van der Waals surface area (Å²) in [5.74, 6) is 1.33. The monoisotopic (exact) mass is 463 g/mol. The number of anilines is 1. The van der Waals surface area contributed by atoms with Gasteiger partial charge in [0.05, 0.1) is 13.7 Å². The van der Waals surface area contributed by atoms with E-state index in [1.165, 1.54) is 11.3 Å². The Bertz CT molecular complexity index is 1170. The van der Waals surface area contributed by atoms with E-state index < -0.39 is 0 Å². The first-order valence-corrected chi connectivity index (χ1v) is 11.4. The predicted octanol–water partition coefficient (Wildman–Crippen LogP) is 4.52. The Morgan fingerprint density at radius 1 is 1.12 bits per heavy atom. The summed E-state index contributed by atoms with van der Waals surface area (Å²) in [6.07, 6.45) is 1.72. The zero-order valence-corrected chi connectivity index (χ0v) is 19.3. The first-order chi connectivity index (χ1) is 16.1. The van der Waals surface area contributed by atoms with Gasteiger partial charge in [0.15, 0.2) is 0 Å². The van der Waals surface area contributed by atoms with Crippen molar-refractivity contribution in [2.75, 3.05) is 26.0 Å². The van der Waals surface area contributed by atoms with Crippen LogP contribution in [-0.4, -0.2) is 46.9 Å². The van der Waals surface area contributed by atoms with E-state index in [1.807, 2.05) is 43.4 Å². The quantitative estimate of drug-likeness (QED) is 0.370. The van der Waals surface area contributed by atoms with Gasteiger partial charge in [0, 0.05) is 23.7 Å². The highest BCUT2D eigenvalue weighted by molar-refractivity contribution is 7.13. The van der Waals surface area contributed by atoms with Crippen LogP contribution in [0.5, 0.6) is 5.75 Å². The number of ether oxygens (including phenoxy) is 1. The lowest BCUT2D eigenvalue weighted by Gasteiger charge is -2.13. The van der Waals surface area contributed by atoms with Crippen molar-refractivity contribution in [3.63, 3.8) is 0 Å². The minimum absolute atomic E-state index is 0.272. The Kier molecular flexibility index (Phi) is 7.43. The second-order valence-electron chi connectivity index (χ2n) is 7.57. The van der Waals surface area contributed by atoms with E-state index in [0.29, 0.717) is 17.2 Å². The molecular weight excluding hydrogens is 438 g/mol. The van der Waals surface area contributed by atoms with Gasteiger partial charge in [-0.25, -0.2) is 0 Å². The topological polar surface area (TPSA) is 93.4 Å². The number of hydrogen-bond donors (Lipinski definition) is 1. The zero-order chi connectivity index (χ0) is 23.0. The molecule has 0 saturated heterocycles. The van der Waals surface area contributed by atoms with Crippen LogP contribution in [0.25, 0.3) is 11.3 Å². The normalized spacial score (nSPS) is 11.0. The van der Waals surface area contributed by atoms with Gasteiger partial charge in [-0.2, -0.15) is 0 Å². The van der Waals surface area contributed by atoms with E-state index in [9.17, 15) is 4.79 Å². The maximum atomic E-state index is 12.4. The number of methoxy groups -OCH3 is 1. The fourth-order valence-corrected chi connectivity index (χ4v) is 4.09. The lowest BCUT2D eigenvalue weighted by Crippen LogP contribution is -2.19. The summed E-state index contributed by atoms with van der Waals surface area (Å²) in [5.41, 5.74) is 2.58. The summed E-state index contributed by atoms with van der Waals surface area (Å²) in [4.78, 5) is 14.6. The molecule has 2 heterocycles. The van der Waals surface area contributed by atoms with Crippen molar-refractivity contribution in [2.45, 2.75) is 19.4 Å². The van der Waals surface area contributed by atoms with Crippen molar-refractivity contribution < 1.29 is 14.1 Å². The van der Waals surface area contributed by atoms with E-state index in [1.54, 1.807) is 31.4 Å². The van der Waals surface area contributed by atoms with E-state index in [2.05, 4.69) is 25.6 Å². The fraction of sp³-hybridized carbons (Fsp3) is 0.250. The van der Waals surface area contributed by atoms with E-state index in [0.717, 1.165) is 47.2 Å². The van der Waals surface area contributed by atoms with Gasteiger partial charge in [-0.05, 0) is 44.3 Å². The van der Waals surface area contributed by atoms with Crippen molar-refractivity contribution in [2.24, 2.45) is 0 Å². The van der Waals surface area contributed by atoms with E-state index >= 15 is 0 Å².